The SMILES string of the molecule is CC(=O)c1cc2[nH]ccc2cn1. The van der Waals surface area contributed by atoms with Crippen LogP contribution in [0.3, 0.4) is 0 Å². The number of nitrogens with one attached hydrogen (secondary N) is 1. The number of fused-ring (bicyclic) bond motifs is 1. The van der Waals surface area contributed by atoms with Gasteiger partial charge in [0.1, 0.15) is 5.69 Å². The zero-order chi connectivity index (χ0) is 8.55. The van der Waals surface area contributed by atoms with E-state index in [0.717, 1.165) is 10.9 Å². The first-order chi connectivity index (χ1) is 5.77. The highest BCUT2D eigenvalue weighted by Crippen LogP contribution is 2.11. The van der Waals surface area contributed by atoms with Gasteiger partial charge in [-0.2, -0.15) is 0 Å². The molecule has 1 N–H and O–H groups in total. The lowest BCUT2D eigenvalue weighted by Gasteiger charge is -1.93. The summed E-state index contributed by atoms with van der Waals surface area (Å²) >= 11 is 0. The maximum absolute atomic E-state index is 10.9. The van der Waals surface area contributed by atoms with Gasteiger partial charge in [0.2, 0.25) is 0 Å². The Kier molecular flexibility index (Phi) is 1.43. The number of hydrogen-bond donors (Lipinski definition) is 1. The molecular weight excluding hydrogens is 152 g/mol. The number of aromatic amines is 1. The second kappa shape index (κ2) is 2.44. The Morgan fingerprint density at radius 1 is 1.58 bits per heavy atom. The molecule has 0 fully saturated rings. The molecule has 2 heterocycles. The third-order valence-corrected chi connectivity index (χ3v) is 1.80. The summed E-state index contributed by atoms with van der Waals surface area (Å²) in [5.41, 5.74) is 1.46. The Labute approximate surface area is 69.4 Å². The predicted octanol–water partition coefficient (Wildman–Crippen LogP) is 1.77. The quantitative estimate of drug-likeness (QED) is 0.646. The van der Waals surface area contributed by atoms with E-state index in [0.29, 0.717) is 5.69 Å². The first-order valence-corrected chi connectivity index (χ1v) is 3.71. The molecule has 0 aliphatic carbocycles. The number of nitrogens with zero attached hydrogens (tertiary/aromatic N) is 1. The lowest BCUT2D eigenvalue weighted by molar-refractivity contribution is 0.101. The average molecular weight is 160 g/mol. The monoisotopic (exact) mass is 160 g/mol. The number of carbonyl (C=O) groups excluding carboxylic acids is 1. The first kappa shape index (κ1) is 7.03. The first-order valence-electron chi connectivity index (χ1n) is 3.71. The van der Waals surface area contributed by atoms with Crippen LogP contribution >= 0.6 is 0 Å². The zero-order valence-corrected chi connectivity index (χ0v) is 6.66. The lowest BCUT2D eigenvalue weighted by atomic mass is 10.2. The summed E-state index contributed by atoms with van der Waals surface area (Å²) in [6.07, 6.45) is 3.53. The number of Topliss-reactive ketones (excluding diaryl/α,β-unsaturated/α-hetero) is 1. The van der Waals surface area contributed by atoms with Gasteiger partial charge in [0.25, 0.3) is 0 Å². The van der Waals surface area contributed by atoms with Crippen molar-refractivity contribution < 1.29 is 4.79 Å². The van der Waals surface area contributed by atoms with Crippen LogP contribution in [0.4, 0.5) is 0 Å². The van der Waals surface area contributed by atoms with Gasteiger partial charge in [-0.15, -0.1) is 0 Å². The van der Waals surface area contributed by atoms with Crippen LogP contribution in [0.5, 0.6) is 0 Å². The summed E-state index contributed by atoms with van der Waals surface area (Å²) in [5, 5.41) is 1.03. The second-order valence-corrected chi connectivity index (χ2v) is 2.69. The van der Waals surface area contributed by atoms with Gasteiger partial charge >= 0.3 is 0 Å². The molecule has 0 spiro atoms. The van der Waals surface area contributed by atoms with E-state index in [2.05, 4.69) is 9.97 Å². The van der Waals surface area contributed by atoms with Crippen molar-refractivity contribution in [1.29, 1.82) is 0 Å². The highest BCUT2D eigenvalue weighted by Gasteiger charge is 2.01. The topological polar surface area (TPSA) is 45.8 Å². The molecule has 0 saturated carbocycles. The summed E-state index contributed by atoms with van der Waals surface area (Å²) in [7, 11) is 0. The van der Waals surface area contributed by atoms with Gasteiger partial charge in [0.05, 0.1) is 0 Å². The van der Waals surface area contributed by atoms with Crippen molar-refractivity contribution >= 4 is 16.7 Å². The maximum atomic E-state index is 10.9. The van der Waals surface area contributed by atoms with E-state index < -0.39 is 0 Å². The normalized spacial score (nSPS) is 10.4. The highest BCUT2D eigenvalue weighted by atomic mass is 16.1. The molecule has 2 rings (SSSR count). The van der Waals surface area contributed by atoms with E-state index >= 15 is 0 Å². The number of hydrogen-bond acceptors (Lipinski definition) is 2. The van der Waals surface area contributed by atoms with E-state index in [9.17, 15) is 4.79 Å². The fraction of sp³-hybridized carbons (Fsp3) is 0.111. The smallest absolute Gasteiger partial charge is 0.178 e. The Morgan fingerprint density at radius 3 is 3.17 bits per heavy atom. The molecule has 60 valence electrons. The Morgan fingerprint density at radius 2 is 2.42 bits per heavy atom. The fourth-order valence-electron chi connectivity index (χ4n) is 1.14. The van der Waals surface area contributed by atoms with Crippen LogP contribution in [0.15, 0.2) is 24.5 Å². The molecule has 2 aromatic rings. The van der Waals surface area contributed by atoms with Crippen LogP contribution in [-0.2, 0) is 0 Å². The van der Waals surface area contributed by atoms with Crippen molar-refractivity contribution in [2.75, 3.05) is 0 Å². The summed E-state index contributed by atoms with van der Waals surface area (Å²) in [4.78, 5) is 18.0. The van der Waals surface area contributed by atoms with E-state index in [1.165, 1.54) is 6.92 Å². The van der Waals surface area contributed by atoms with Gasteiger partial charge in [0, 0.05) is 30.2 Å². The number of aromatic nitrogens is 2. The van der Waals surface area contributed by atoms with Crippen LogP contribution in [0.2, 0.25) is 0 Å². The third-order valence-electron chi connectivity index (χ3n) is 1.80. The number of carbonyl (C=O) groups is 1. The van der Waals surface area contributed by atoms with Crippen LogP contribution in [0.25, 0.3) is 10.9 Å². The summed E-state index contributed by atoms with van der Waals surface area (Å²) < 4.78 is 0. The van der Waals surface area contributed by atoms with Crippen molar-refractivity contribution in [3.8, 4) is 0 Å². The summed E-state index contributed by atoms with van der Waals surface area (Å²) in [5.74, 6) is -0.00787. The van der Waals surface area contributed by atoms with Gasteiger partial charge in [0.15, 0.2) is 5.78 Å². The molecule has 0 radical (unpaired) electrons. The van der Waals surface area contributed by atoms with Crippen molar-refractivity contribution in [1.82, 2.24) is 9.97 Å². The van der Waals surface area contributed by atoms with Crippen molar-refractivity contribution in [2.24, 2.45) is 0 Å². The van der Waals surface area contributed by atoms with E-state index in [1.54, 1.807) is 12.3 Å². The molecule has 0 unspecified atom stereocenters. The highest BCUT2D eigenvalue weighted by molar-refractivity contribution is 5.95. The minimum atomic E-state index is -0.00787. The van der Waals surface area contributed by atoms with E-state index in [4.69, 9.17) is 0 Å². The number of pyridine rings is 1. The molecule has 3 nitrogen and oxygen atoms in total. The maximum Gasteiger partial charge on any atom is 0.178 e. The molecule has 0 aromatic carbocycles. The van der Waals surface area contributed by atoms with E-state index in [-0.39, 0.29) is 5.78 Å². The van der Waals surface area contributed by atoms with Crippen molar-refractivity contribution in [3.63, 3.8) is 0 Å². The Balaban J connectivity index is 2.68. The largest absolute Gasteiger partial charge is 0.361 e. The molecule has 0 bridgehead atoms. The van der Waals surface area contributed by atoms with Crippen molar-refractivity contribution in [3.05, 3.63) is 30.2 Å². The molecule has 0 amide bonds. The molecule has 0 aliphatic heterocycles. The van der Waals surface area contributed by atoms with Gasteiger partial charge in [-0.3, -0.25) is 9.78 Å². The number of ketones is 1. The van der Waals surface area contributed by atoms with Crippen molar-refractivity contribution in [2.45, 2.75) is 6.92 Å². The molecule has 0 aliphatic rings. The molecule has 0 atom stereocenters. The molecule has 12 heavy (non-hydrogen) atoms. The molecule has 3 heteroatoms. The number of rotatable bonds is 1. The predicted molar refractivity (Wildman–Crippen MR) is 46.1 cm³/mol. The molecule has 2 aromatic heterocycles. The summed E-state index contributed by atoms with van der Waals surface area (Å²) in [6.45, 7) is 1.51. The molecular formula is C9H8N2O. The fourth-order valence-corrected chi connectivity index (χ4v) is 1.14. The van der Waals surface area contributed by atoms with Crippen LogP contribution in [0, 0.1) is 0 Å². The number of H-pyrrole nitrogens is 1. The second-order valence-electron chi connectivity index (χ2n) is 2.69. The van der Waals surface area contributed by atoms with Gasteiger partial charge in [-0.1, -0.05) is 0 Å². The van der Waals surface area contributed by atoms with Crippen LogP contribution in [-0.4, -0.2) is 15.8 Å². The zero-order valence-electron chi connectivity index (χ0n) is 6.66. The third kappa shape index (κ3) is 0.993. The van der Waals surface area contributed by atoms with E-state index in [1.807, 2.05) is 12.3 Å². The molecule has 0 saturated heterocycles. The Hall–Kier alpha value is -1.64. The van der Waals surface area contributed by atoms with Gasteiger partial charge < -0.3 is 4.98 Å². The minimum absolute atomic E-state index is 0.00787. The lowest BCUT2D eigenvalue weighted by Crippen LogP contribution is -1.94. The van der Waals surface area contributed by atoms with Crippen LogP contribution < -0.4 is 0 Å². The Bertz CT molecular complexity index is 431. The van der Waals surface area contributed by atoms with Gasteiger partial charge in [-0.25, -0.2) is 0 Å². The minimum Gasteiger partial charge on any atom is -0.361 e. The standard InChI is InChI=1S/C9H8N2O/c1-6(12)8-4-9-7(5-11-8)2-3-10-9/h2-5,10H,1H3. The summed E-state index contributed by atoms with van der Waals surface area (Å²) in [6, 6.07) is 3.68. The van der Waals surface area contributed by atoms with Crippen LogP contribution in [0.1, 0.15) is 17.4 Å². The average Bonchev–Trinajstić information content (AvgIpc) is 2.49. The van der Waals surface area contributed by atoms with Gasteiger partial charge in [-0.05, 0) is 12.1 Å².